The Bertz CT molecular complexity index is 489. The van der Waals surface area contributed by atoms with Crippen LogP contribution in [0.1, 0.15) is 28.2 Å². The summed E-state index contributed by atoms with van der Waals surface area (Å²) in [6.45, 7) is 4.07. The molecule has 0 aliphatic rings. The van der Waals surface area contributed by atoms with Crippen molar-refractivity contribution in [2.75, 3.05) is 0 Å². The van der Waals surface area contributed by atoms with E-state index in [4.69, 9.17) is 0 Å². The summed E-state index contributed by atoms with van der Waals surface area (Å²) in [5.41, 5.74) is 3.60. The zero-order valence-corrected chi connectivity index (χ0v) is 11.7. The number of thiazole rings is 1. The van der Waals surface area contributed by atoms with Crippen molar-refractivity contribution in [1.29, 1.82) is 0 Å². The molecule has 2 rings (SSSR count). The van der Waals surface area contributed by atoms with E-state index in [9.17, 15) is 5.11 Å². The van der Waals surface area contributed by atoms with E-state index in [2.05, 4.69) is 36.2 Å². The van der Waals surface area contributed by atoms with Crippen LogP contribution in [0.3, 0.4) is 0 Å². The van der Waals surface area contributed by atoms with Crippen molar-refractivity contribution in [1.82, 2.24) is 4.98 Å². The van der Waals surface area contributed by atoms with E-state index >= 15 is 0 Å². The smallest absolute Gasteiger partial charge is 0.0953 e. The Morgan fingerprint density at radius 1 is 1.22 bits per heavy atom. The lowest BCUT2D eigenvalue weighted by atomic mass is 10.0. The molecule has 1 atom stereocenters. The summed E-state index contributed by atoms with van der Waals surface area (Å²) in [5, 5.41) is 13.1. The zero-order valence-electron chi connectivity index (χ0n) is 10.9. The topological polar surface area (TPSA) is 33.1 Å². The minimum Gasteiger partial charge on any atom is -0.393 e. The first-order chi connectivity index (χ1) is 8.63. The van der Waals surface area contributed by atoms with Crippen molar-refractivity contribution in [2.24, 2.45) is 0 Å². The van der Waals surface area contributed by atoms with Gasteiger partial charge in [-0.2, -0.15) is 0 Å². The second-order valence-corrected chi connectivity index (χ2v) is 5.71. The van der Waals surface area contributed by atoms with Gasteiger partial charge in [0.1, 0.15) is 0 Å². The fourth-order valence-corrected chi connectivity index (χ4v) is 2.73. The van der Waals surface area contributed by atoms with Gasteiger partial charge in [-0.05, 0) is 32.3 Å². The Morgan fingerprint density at radius 2 is 1.94 bits per heavy atom. The highest BCUT2D eigenvalue weighted by molar-refractivity contribution is 7.09. The predicted molar refractivity (Wildman–Crippen MR) is 76.1 cm³/mol. The van der Waals surface area contributed by atoms with Gasteiger partial charge in [0.2, 0.25) is 0 Å². The average Bonchev–Trinajstić information content (AvgIpc) is 2.74. The second-order valence-electron chi connectivity index (χ2n) is 4.76. The molecule has 2 aromatic rings. The maximum Gasteiger partial charge on any atom is 0.0953 e. The average molecular weight is 261 g/mol. The quantitative estimate of drug-likeness (QED) is 0.896. The number of benzene rings is 1. The summed E-state index contributed by atoms with van der Waals surface area (Å²) in [6.07, 6.45) is 2.09. The van der Waals surface area contributed by atoms with E-state index in [-0.39, 0.29) is 6.10 Å². The zero-order chi connectivity index (χ0) is 13.0. The fraction of sp³-hybridized carbons (Fsp3) is 0.400. The van der Waals surface area contributed by atoms with Gasteiger partial charge in [-0.25, -0.2) is 4.98 Å². The summed E-state index contributed by atoms with van der Waals surface area (Å²) < 4.78 is 0. The molecule has 0 radical (unpaired) electrons. The lowest BCUT2D eigenvalue weighted by Gasteiger charge is -2.08. The van der Waals surface area contributed by atoms with E-state index in [0.29, 0.717) is 6.42 Å². The van der Waals surface area contributed by atoms with Gasteiger partial charge in [0, 0.05) is 17.5 Å². The molecular formula is C15H19NOS. The van der Waals surface area contributed by atoms with Crippen LogP contribution < -0.4 is 0 Å². The van der Waals surface area contributed by atoms with E-state index in [1.54, 1.807) is 11.3 Å². The Labute approximate surface area is 112 Å². The highest BCUT2D eigenvalue weighted by atomic mass is 32.1. The molecule has 96 valence electrons. The van der Waals surface area contributed by atoms with Gasteiger partial charge < -0.3 is 5.11 Å². The fourth-order valence-electron chi connectivity index (χ4n) is 1.89. The Hall–Kier alpha value is -1.19. The van der Waals surface area contributed by atoms with Crippen molar-refractivity contribution in [3.05, 3.63) is 51.5 Å². The van der Waals surface area contributed by atoms with Crippen molar-refractivity contribution in [3.8, 4) is 0 Å². The molecule has 1 aromatic carbocycles. The molecule has 1 heterocycles. The first kappa shape index (κ1) is 13.2. The maximum absolute atomic E-state index is 9.99. The molecule has 0 fully saturated rings. The van der Waals surface area contributed by atoms with Crippen LogP contribution >= 0.6 is 11.3 Å². The first-order valence-electron chi connectivity index (χ1n) is 6.28. The maximum atomic E-state index is 9.99. The molecule has 0 saturated carbocycles. The minimum absolute atomic E-state index is 0.295. The molecule has 0 aliphatic carbocycles. The molecule has 1 unspecified atom stereocenters. The Kier molecular flexibility index (Phi) is 4.50. The number of hydrogen-bond acceptors (Lipinski definition) is 3. The van der Waals surface area contributed by atoms with Crippen molar-refractivity contribution >= 4 is 11.3 Å². The van der Waals surface area contributed by atoms with Crippen LogP contribution in [-0.2, 0) is 12.8 Å². The molecule has 18 heavy (non-hydrogen) atoms. The van der Waals surface area contributed by atoms with Crippen LogP contribution in [0.4, 0.5) is 0 Å². The van der Waals surface area contributed by atoms with Crippen molar-refractivity contribution < 1.29 is 5.11 Å². The number of nitrogens with zero attached hydrogens (tertiary/aromatic N) is 1. The van der Waals surface area contributed by atoms with E-state index in [1.165, 1.54) is 11.1 Å². The number of aryl methyl sites for hydroxylation is 3. The molecule has 3 heteroatoms. The predicted octanol–water partition coefficient (Wildman–Crippen LogP) is 3.30. The molecule has 0 aliphatic heterocycles. The van der Waals surface area contributed by atoms with Gasteiger partial charge in [-0.1, -0.05) is 29.8 Å². The lowest BCUT2D eigenvalue weighted by Crippen LogP contribution is -2.11. The highest BCUT2D eigenvalue weighted by Crippen LogP contribution is 2.14. The standard InChI is InChI=1S/C15H19NOS/c1-11-3-5-13(6-4-11)7-8-14(17)9-15-16-12(2)10-18-15/h3-6,10,14,17H,7-9H2,1-2H3. The first-order valence-corrected chi connectivity index (χ1v) is 7.16. The number of rotatable bonds is 5. The van der Waals surface area contributed by atoms with Gasteiger partial charge in [0.25, 0.3) is 0 Å². The van der Waals surface area contributed by atoms with Gasteiger partial charge in [-0.15, -0.1) is 11.3 Å². The monoisotopic (exact) mass is 261 g/mol. The van der Waals surface area contributed by atoms with Gasteiger partial charge in [-0.3, -0.25) is 0 Å². The largest absolute Gasteiger partial charge is 0.393 e. The number of aromatic nitrogens is 1. The molecule has 0 spiro atoms. The third kappa shape index (κ3) is 3.93. The summed E-state index contributed by atoms with van der Waals surface area (Å²) in [4.78, 5) is 4.38. The van der Waals surface area contributed by atoms with Gasteiger partial charge >= 0.3 is 0 Å². The third-order valence-corrected chi connectivity index (χ3v) is 3.95. The third-order valence-electron chi connectivity index (χ3n) is 2.96. The summed E-state index contributed by atoms with van der Waals surface area (Å²) in [6, 6.07) is 8.50. The molecule has 1 aromatic heterocycles. The van der Waals surface area contributed by atoms with Gasteiger partial charge in [0.15, 0.2) is 0 Å². The van der Waals surface area contributed by atoms with Gasteiger partial charge in [0.05, 0.1) is 11.1 Å². The highest BCUT2D eigenvalue weighted by Gasteiger charge is 2.08. The second kappa shape index (κ2) is 6.12. The molecule has 2 nitrogen and oxygen atoms in total. The molecule has 0 bridgehead atoms. The van der Waals surface area contributed by atoms with Crippen LogP contribution in [0, 0.1) is 13.8 Å². The van der Waals surface area contributed by atoms with Crippen LogP contribution in [0.15, 0.2) is 29.6 Å². The normalized spacial score (nSPS) is 12.6. The number of hydrogen-bond donors (Lipinski definition) is 1. The van der Waals surface area contributed by atoms with E-state index in [1.807, 2.05) is 12.3 Å². The lowest BCUT2D eigenvalue weighted by molar-refractivity contribution is 0.165. The Balaban J connectivity index is 1.81. The summed E-state index contributed by atoms with van der Waals surface area (Å²) >= 11 is 1.63. The van der Waals surface area contributed by atoms with E-state index < -0.39 is 0 Å². The Morgan fingerprint density at radius 3 is 2.56 bits per heavy atom. The molecule has 0 saturated heterocycles. The van der Waals surface area contributed by atoms with Crippen LogP contribution in [0.25, 0.3) is 0 Å². The van der Waals surface area contributed by atoms with Crippen LogP contribution in [0.5, 0.6) is 0 Å². The molecule has 1 N–H and O–H groups in total. The molecular weight excluding hydrogens is 242 g/mol. The van der Waals surface area contributed by atoms with E-state index in [0.717, 1.165) is 23.5 Å². The number of aliphatic hydroxyl groups excluding tert-OH is 1. The van der Waals surface area contributed by atoms with Crippen LogP contribution in [-0.4, -0.2) is 16.2 Å². The number of aliphatic hydroxyl groups is 1. The van der Waals surface area contributed by atoms with Crippen molar-refractivity contribution in [3.63, 3.8) is 0 Å². The summed E-state index contributed by atoms with van der Waals surface area (Å²) in [7, 11) is 0. The van der Waals surface area contributed by atoms with Crippen molar-refractivity contribution in [2.45, 2.75) is 39.2 Å². The molecule has 0 amide bonds. The van der Waals surface area contributed by atoms with Crippen LogP contribution in [0.2, 0.25) is 0 Å². The minimum atomic E-state index is -0.295. The SMILES string of the molecule is Cc1ccc(CCC(O)Cc2nc(C)cs2)cc1. The summed E-state index contributed by atoms with van der Waals surface area (Å²) in [5.74, 6) is 0.